The molecule has 0 aliphatic heterocycles. The predicted molar refractivity (Wildman–Crippen MR) is 79.6 cm³/mol. The zero-order valence-electron chi connectivity index (χ0n) is 10.4. The molecule has 0 amide bonds. The molecule has 0 atom stereocenters. The molecule has 0 saturated carbocycles. The summed E-state index contributed by atoms with van der Waals surface area (Å²) < 4.78 is 13.1. The van der Waals surface area contributed by atoms with Crippen LogP contribution in [0.25, 0.3) is 0 Å². The fourth-order valence-corrected chi connectivity index (χ4v) is 3.83. The summed E-state index contributed by atoms with van der Waals surface area (Å²) >= 11 is -0.371. The first-order valence-electron chi connectivity index (χ1n) is 5.75. The maximum absolute atomic E-state index is 5.21. The van der Waals surface area contributed by atoms with Crippen LogP contribution >= 0.6 is 0 Å². The molecule has 19 heavy (non-hydrogen) atoms. The molecule has 0 unspecified atom stereocenters. The van der Waals surface area contributed by atoms with Gasteiger partial charge >= 0.3 is 123 Å². The maximum atomic E-state index is 5.21. The number of benzene rings is 2. The molecular weight excluding hydrogens is 352 g/mol. The summed E-state index contributed by atoms with van der Waals surface area (Å²) in [7, 11) is 0. The SMILES string of the molecule is C=COc1ccc([Te]c2ccc(OC=C)cc2)cc1. The van der Waals surface area contributed by atoms with Gasteiger partial charge in [-0.05, 0) is 0 Å². The van der Waals surface area contributed by atoms with Crippen molar-refractivity contribution in [3.63, 3.8) is 0 Å². The predicted octanol–water partition coefficient (Wildman–Crippen LogP) is 2.39. The van der Waals surface area contributed by atoms with Gasteiger partial charge in [0.2, 0.25) is 0 Å². The second-order valence-electron chi connectivity index (χ2n) is 3.61. The Morgan fingerprint density at radius 2 is 1.05 bits per heavy atom. The molecule has 3 heteroatoms. The van der Waals surface area contributed by atoms with Crippen molar-refractivity contribution in [2.24, 2.45) is 0 Å². The van der Waals surface area contributed by atoms with Crippen LogP contribution in [0.2, 0.25) is 0 Å². The summed E-state index contributed by atoms with van der Waals surface area (Å²) in [6.07, 6.45) is 2.87. The van der Waals surface area contributed by atoms with Gasteiger partial charge in [0.1, 0.15) is 0 Å². The van der Waals surface area contributed by atoms with Gasteiger partial charge in [-0.1, -0.05) is 0 Å². The first kappa shape index (κ1) is 13.7. The van der Waals surface area contributed by atoms with Gasteiger partial charge in [0.25, 0.3) is 0 Å². The van der Waals surface area contributed by atoms with Gasteiger partial charge in [0, 0.05) is 0 Å². The Hall–Kier alpha value is -1.69. The standard InChI is InChI=1S/C16H14O2Te/c1-3-17-13-5-9-15(10-6-13)19-16-11-7-14(8-12-16)18-4-2/h3-12H,1-2H2. The average molecular weight is 366 g/mol. The second-order valence-corrected chi connectivity index (χ2v) is 6.89. The molecule has 0 saturated heterocycles. The van der Waals surface area contributed by atoms with E-state index >= 15 is 0 Å². The van der Waals surface area contributed by atoms with E-state index in [1.807, 2.05) is 24.3 Å². The van der Waals surface area contributed by atoms with E-state index < -0.39 is 0 Å². The molecule has 0 aliphatic rings. The molecule has 0 spiro atoms. The average Bonchev–Trinajstić information content (AvgIpc) is 2.44. The van der Waals surface area contributed by atoms with E-state index in [9.17, 15) is 0 Å². The third kappa shape index (κ3) is 4.17. The second kappa shape index (κ2) is 7.04. The Balaban J connectivity index is 2.03. The monoisotopic (exact) mass is 368 g/mol. The Bertz CT molecular complexity index is 492. The minimum atomic E-state index is -0.371. The molecule has 0 N–H and O–H groups in total. The van der Waals surface area contributed by atoms with E-state index in [0.717, 1.165) is 11.5 Å². The van der Waals surface area contributed by atoms with Gasteiger partial charge in [0.15, 0.2) is 0 Å². The summed E-state index contributed by atoms with van der Waals surface area (Å²) in [5, 5.41) is 0. The van der Waals surface area contributed by atoms with Crippen molar-refractivity contribution in [2.75, 3.05) is 0 Å². The zero-order chi connectivity index (χ0) is 13.5. The molecule has 0 fully saturated rings. The fraction of sp³-hybridized carbons (Fsp3) is 0. The molecule has 96 valence electrons. The quantitative estimate of drug-likeness (QED) is 0.578. The third-order valence-electron chi connectivity index (χ3n) is 2.32. The van der Waals surface area contributed by atoms with E-state index in [-0.39, 0.29) is 20.9 Å². The third-order valence-corrected chi connectivity index (χ3v) is 5.22. The van der Waals surface area contributed by atoms with E-state index in [0.29, 0.717) is 0 Å². The number of hydrogen-bond acceptors (Lipinski definition) is 2. The molecule has 2 aromatic rings. The van der Waals surface area contributed by atoms with Crippen molar-refractivity contribution in [3.05, 3.63) is 74.2 Å². The van der Waals surface area contributed by atoms with Crippen molar-refractivity contribution in [2.45, 2.75) is 0 Å². The van der Waals surface area contributed by atoms with Gasteiger partial charge in [0.05, 0.1) is 0 Å². The van der Waals surface area contributed by atoms with Crippen molar-refractivity contribution in [1.29, 1.82) is 0 Å². The Kier molecular flexibility index (Phi) is 5.09. The number of hydrogen-bond donors (Lipinski definition) is 0. The molecular formula is C16H14O2Te. The van der Waals surface area contributed by atoms with Crippen LogP contribution in [0.1, 0.15) is 0 Å². The van der Waals surface area contributed by atoms with Crippen LogP contribution in [0.15, 0.2) is 74.2 Å². The van der Waals surface area contributed by atoms with Gasteiger partial charge < -0.3 is 0 Å². The zero-order valence-corrected chi connectivity index (χ0v) is 12.7. The van der Waals surface area contributed by atoms with Gasteiger partial charge in [-0.3, -0.25) is 0 Å². The van der Waals surface area contributed by atoms with Crippen LogP contribution in [0.3, 0.4) is 0 Å². The Morgan fingerprint density at radius 3 is 1.37 bits per heavy atom. The van der Waals surface area contributed by atoms with Crippen LogP contribution < -0.4 is 16.7 Å². The van der Waals surface area contributed by atoms with E-state index in [2.05, 4.69) is 37.4 Å². The molecule has 0 aromatic heterocycles. The van der Waals surface area contributed by atoms with Crippen LogP contribution in [0, 0.1) is 0 Å². The first-order chi connectivity index (χ1) is 9.31. The summed E-state index contributed by atoms with van der Waals surface area (Å²) in [6, 6.07) is 16.3. The summed E-state index contributed by atoms with van der Waals surface area (Å²) in [5.41, 5.74) is 0. The van der Waals surface area contributed by atoms with Crippen LogP contribution in [-0.4, -0.2) is 20.9 Å². The van der Waals surface area contributed by atoms with E-state index in [1.54, 1.807) is 0 Å². The van der Waals surface area contributed by atoms with E-state index in [1.165, 1.54) is 19.7 Å². The van der Waals surface area contributed by atoms with Gasteiger partial charge in [-0.25, -0.2) is 0 Å². The van der Waals surface area contributed by atoms with Crippen molar-refractivity contribution in [3.8, 4) is 11.5 Å². The Morgan fingerprint density at radius 1 is 0.684 bits per heavy atom. The normalized spacial score (nSPS) is 9.68. The summed E-state index contributed by atoms with van der Waals surface area (Å²) in [5.74, 6) is 1.64. The number of rotatable bonds is 6. The number of ether oxygens (including phenoxy) is 2. The molecule has 0 radical (unpaired) electrons. The fourth-order valence-electron chi connectivity index (χ4n) is 1.50. The van der Waals surface area contributed by atoms with Gasteiger partial charge in [-0.15, -0.1) is 0 Å². The molecule has 2 rings (SSSR count). The first-order valence-corrected chi connectivity index (χ1v) is 8.08. The van der Waals surface area contributed by atoms with Crippen molar-refractivity contribution >= 4 is 28.1 Å². The Labute approximate surface area is 123 Å². The molecule has 2 nitrogen and oxygen atoms in total. The molecule has 0 aliphatic carbocycles. The molecule has 0 heterocycles. The molecule has 2 aromatic carbocycles. The van der Waals surface area contributed by atoms with Crippen LogP contribution in [-0.2, 0) is 0 Å². The van der Waals surface area contributed by atoms with Crippen molar-refractivity contribution < 1.29 is 9.47 Å². The summed E-state index contributed by atoms with van der Waals surface area (Å²) in [4.78, 5) is 0. The van der Waals surface area contributed by atoms with E-state index in [4.69, 9.17) is 9.47 Å². The van der Waals surface area contributed by atoms with Crippen LogP contribution in [0.4, 0.5) is 0 Å². The van der Waals surface area contributed by atoms with Crippen LogP contribution in [0.5, 0.6) is 11.5 Å². The van der Waals surface area contributed by atoms with Crippen molar-refractivity contribution in [1.82, 2.24) is 0 Å². The molecule has 0 bridgehead atoms. The summed E-state index contributed by atoms with van der Waals surface area (Å²) in [6.45, 7) is 7.07. The topological polar surface area (TPSA) is 18.5 Å². The minimum absolute atomic E-state index is 0.371. The van der Waals surface area contributed by atoms with Gasteiger partial charge in [-0.2, -0.15) is 0 Å².